The normalized spacial score (nSPS) is 11.4. The molecule has 9 nitrogen and oxygen atoms in total. The molecule has 0 aliphatic heterocycles. The summed E-state index contributed by atoms with van der Waals surface area (Å²) in [6, 6.07) is 17.5. The van der Waals surface area contributed by atoms with Gasteiger partial charge in [-0.1, -0.05) is 12.1 Å². The van der Waals surface area contributed by atoms with Gasteiger partial charge >= 0.3 is 0 Å². The first-order valence-electron chi connectivity index (χ1n) is 9.27. The Bertz CT molecular complexity index is 1320. The first-order valence-corrected chi connectivity index (χ1v) is 12.2. The van der Waals surface area contributed by atoms with Crippen LogP contribution in [-0.4, -0.2) is 29.9 Å². The van der Waals surface area contributed by atoms with Crippen LogP contribution in [-0.2, 0) is 24.8 Å². The zero-order chi connectivity index (χ0) is 23.4. The topological polar surface area (TPSA) is 131 Å². The summed E-state index contributed by atoms with van der Waals surface area (Å²) in [5.74, 6) is 0.0962. The van der Waals surface area contributed by atoms with E-state index in [9.17, 15) is 21.6 Å². The number of anilines is 3. The van der Waals surface area contributed by atoms with E-state index in [2.05, 4.69) is 14.8 Å². The molecule has 32 heavy (non-hydrogen) atoms. The molecule has 11 heteroatoms. The molecule has 1 amide bonds. The Morgan fingerprint density at radius 2 is 1.22 bits per heavy atom. The molecule has 0 aliphatic rings. The second kappa shape index (κ2) is 9.28. The number of sulfonamides is 2. The van der Waals surface area contributed by atoms with Gasteiger partial charge in [-0.2, -0.15) is 0 Å². The van der Waals surface area contributed by atoms with Crippen molar-refractivity contribution in [2.45, 2.75) is 16.7 Å². The molecule has 0 fully saturated rings. The second-order valence-corrected chi connectivity index (χ2v) is 10.0. The Balaban J connectivity index is 1.75. The fraction of sp³-hybridized carbons (Fsp3) is 0.0952. The molecule has 0 aliphatic carbocycles. The van der Waals surface area contributed by atoms with Crippen LogP contribution in [0.1, 0.15) is 6.92 Å². The van der Waals surface area contributed by atoms with Crippen LogP contribution in [0.3, 0.4) is 0 Å². The van der Waals surface area contributed by atoms with Crippen LogP contribution in [0.25, 0.3) is 0 Å². The molecule has 0 heterocycles. The van der Waals surface area contributed by atoms with Crippen LogP contribution >= 0.6 is 0 Å². The molecule has 3 rings (SSSR count). The molecule has 0 unspecified atom stereocenters. The Morgan fingerprint density at radius 1 is 0.719 bits per heavy atom. The molecule has 3 aromatic carbocycles. The number of amides is 1. The van der Waals surface area contributed by atoms with Crippen molar-refractivity contribution in [3.63, 3.8) is 0 Å². The van der Waals surface area contributed by atoms with E-state index in [-0.39, 0.29) is 27.1 Å². The molecule has 0 bridgehead atoms. The van der Waals surface area contributed by atoms with E-state index in [0.29, 0.717) is 11.4 Å². The third-order valence-electron chi connectivity index (χ3n) is 4.25. The summed E-state index contributed by atoms with van der Waals surface area (Å²) in [6.45, 7) is 1.35. The monoisotopic (exact) mass is 475 g/mol. The summed E-state index contributed by atoms with van der Waals surface area (Å²) in [7, 11) is -6.39. The minimum atomic E-state index is -3.92. The number of hydrogen-bond acceptors (Lipinski definition) is 6. The van der Waals surface area contributed by atoms with Crippen LogP contribution in [0.2, 0.25) is 0 Å². The molecule has 0 spiro atoms. The molecule has 3 aromatic rings. The van der Waals surface area contributed by atoms with Gasteiger partial charge in [0.25, 0.3) is 20.0 Å². The van der Waals surface area contributed by atoms with Crippen LogP contribution in [0, 0.1) is 0 Å². The van der Waals surface area contributed by atoms with E-state index in [0.717, 1.165) is 0 Å². The second-order valence-electron chi connectivity index (χ2n) is 6.64. The van der Waals surface area contributed by atoms with E-state index in [4.69, 9.17) is 4.74 Å². The van der Waals surface area contributed by atoms with Crippen molar-refractivity contribution in [3.8, 4) is 5.75 Å². The van der Waals surface area contributed by atoms with Crippen LogP contribution in [0.15, 0.2) is 82.6 Å². The molecule has 0 saturated heterocycles. The number of hydrogen-bond donors (Lipinski definition) is 3. The minimum Gasteiger partial charge on any atom is -0.495 e. The number of methoxy groups -OCH3 is 1. The fourth-order valence-corrected chi connectivity index (χ4v) is 4.90. The number of rotatable bonds is 8. The summed E-state index contributed by atoms with van der Waals surface area (Å²) in [5, 5.41) is 2.55. The molecular weight excluding hydrogens is 454 g/mol. The van der Waals surface area contributed by atoms with Gasteiger partial charge in [0.15, 0.2) is 0 Å². The molecule has 168 valence electrons. The van der Waals surface area contributed by atoms with E-state index < -0.39 is 20.0 Å². The maximum atomic E-state index is 12.7. The van der Waals surface area contributed by atoms with Gasteiger partial charge in [0.2, 0.25) is 5.91 Å². The summed E-state index contributed by atoms with van der Waals surface area (Å²) in [4.78, 5) is 11.0. The maximum absolute atomic E-state index is 12.7. The highest BCUT2D eigenvalue weighted by Gasteiger charge is 2.18. The molecular formula is C21H21N3O6S2. The smallest absolute Gasteiger partial charge is 0.262 e. The zero-order valence-electron chi connectivity index (χ0n) is 17.2. The van der Waals surface area contributed by atoms with Crippen LogP contribution in [0.5, 0.6) is 5.75 Å². The summed E-state index contributed by atoms with van der Waals surface area (Å²) in [5.41, 5.74) is 0.934. The van der Waals surface area contributed by atoms with Crippen molar-refractivity contribution in [3.05, 3.63) is 72.8 Å². The lowest BCUT2D eigenvalue weighted by atomic mass is 10.3. The summed E-state index contributed by atoms with van der Waals surface area (Å²) < 4.78 is 60.5. The highest BCUT2D eigenvalue weighted by molar-refractivity contribution is 7.93. The fourth-order valence-electron chi connectivity index (χ4n) is 2.77. The number of ether oxygens (including phenoxy) is 1. The Kier molecular flexibility index (Phi) is 6.70. The standard InChI is InChI=1S/C21H21N3O6S2/c1-15(25)22-16-7-11-18(12-8-16)31(26,27)23-17-9-13-19(14-10-17)32(28,29)24-20-5-3-4-6-21(20)30-2/h3-14,23-24H,1-2H3,(H,22,25). The Hall–Kier alpha value is -3.57. The van der Waals surface area contributed by atoms with E-state index >= 15 is 0 Å². The molecule has 3 N–H and O–H groups in total. The number of carbonyl (C=O) groups excluding carboxylic acids is 1. The van der Waals surface area contributed by atoms with E-state index in [1.807, 2.05) is 0 Å². The van der Waals surface area contributed by atoms with E-state index in [1.165, 1.54) is 62.6 Å². The maximum Gasteiger partial charge on any atom is 0.262 e. The van der Waals surface area contributed by atoms with Gasteiger partial charge in [0, 0.05) is 18.3 Å². The molecule has 0 radical (unpaired) electrons. The SMILES string of the molecule is COc1ccccc1NS(=O)(=O)c1ccc(NS(=O)(=O)c2ccc(NC(C)=O)cc2)cc1. The van der Waals surface area contributed by atoms with Crippen molar-refractivity contribution in [1.29, 1.82) is 0 Å². The molecule has 0 aromatic heterocycles. The van der Waals surface area contributed by atoms with Gasteiger partial charge < -0.3 is 10.1 Å². The lowest BCUT2D eigenvalue weighted by molar-refractivity contribution is -0.114. The number of para-hydroxylation sites is 2. The Morgan fingerprint density at radius 3 is 1.75 bits per heavy atom. The zero-order valence-corrected chi connectivity index (χ0v) is 18.8. The lowest BCUT2D eigenvalue weighted by Crippen LogP contribution is -2.15. The first kappa shape index (κ1) is 23.1. The molecule has 0 atom stereocenters. The molecule has 0 saturated carbocycles. The van der Waals surface area contributed by atoms with Crippen molar-refractivity contribution in [1.82, 2.24) is 0 Å². The highest BCUT2D eigenvalue weighted by Crippen LogP contribution is 2.27. The largest absolute Gasteiger partial charge is 0.495 e. The van der Waals surface area contributed by atoms with Gasteiger partial charge in [-0.3, -0.25) is 14.2 Å². The van der Waals surface area contributed by atoms with Crippen molar-refractivity contribution in [2.24, 2.45) is 0 Å². The quantitative estimate of drug-likeness (QED) is 0.458. The number of nitrogens with one attached hydrogen (secondary N) is 3. The van der Waals surface area contributed by atoms with Gasteiger partial charge in [-0.05, 0) is 60.7 Å². The van der Waals surface area contributed by atoms with Gasteiger partial charge in [0.1, 0.15) is 5.75 Å². The number of benzene rings is 3. The third-order valence-corrected chi connectivity index (χ3v) is 7.03. The predicted molar refractivity (Wildman–Crippen MR) is 122 cm³/mol. The van der Waals surface area contributed by atoms with Gasteiger partial charge in [-0.15, -0.1) is 0 Å². The summed E-state index contributed by atoms with van der Waals surface area (Å²) >= 11 is 0. The van der Waals surface area contributed by atoms with Crippen LogP contribution < -0.4 is 19.5 Å². The van der Waals surface area contributed by atoms with Crippen molar-refractivity contribution in [2.75, 3.05) is 21.9 Å². The third kappa shape index (κ3) is 5.56. The highest BCUT2D eigenvalue weighted by atomic mass is 32.2. The average molecular weight is 476 g/mol. The van der Waals surface area contributed by atoms with E-state index in [1.54, 1.807) is 24.3 Å². The Labute approximate surface area is 186 Å². The van der Waals surface area contributed by atoms with Crippen molar-refractivity contribution < 1.29 is 26.4 Å². The summed E-state index contributed by atoms with van der Waals surface area (Å²) in [6.07, 6.45) is 0. The average Bonchev–Trinajstić information content (AvgIpc) is 2.74. The van der Waals surface area contributed by atoms with Crippen molar-refractivity contribution >= 4 is 43.0 Å². The minimum absolute atomic E-state index is 0.0128. The lowest BCUT2D eigenvalue weighted by Gasteiger charge is -2.12. The predicted octanol–water partition coefficient (Wildman–Crippen LogP) is 3.26. The van der Waals surface area contributed by atoms with Crippen LogP contribution in [0.4, 0.5) is 17.1 Å². The van der Waals surface area contributed by atoms with Gasteiger partial charge in [0.05, 0.1) is 22.6 Å². The first-order chi connectivity index (χ1) is 15.1. The number of carbonyl (C=O) groups is 1. The van der Waals surface area contributed by atoms with Gasteiger partial charge in [-0.25, -0.2) is 16.8 Å².